The van der Waals surface area contributed by atoms with Crippen LogP contribution in [0.5, 0.6) is 0 Å². The van der Waals surface area contributed by atoms with Crippen LogP contribution in [0.4, 0.5) is 43.5 Å². The Kier molecular flexibility index (Phi) is 38.1. The first kappa shape index (κ1) is 86.2. The molecule has 8 aromatic rings. The molecule has 0 spiro atoms. The number of anilines is 3. The largest absolute Gasteiger partial charge is 1.00 e. The minimum absolute atomic E-state index is 0. The number of nitrogen functional groups attached to an aromatic ring is 1. The number of nitrogens with one attached hydrogen (secondary N) is 2. The molecule has 3 aliphatic rings. The van der Waals surface area contributed by atoms with E-state index in [4.69, 9.17) is 50.1 Å². The maximum atomic E-state index is 13.6. The van der Waals surface area contributed by atoms with Gasteiger partial charge in [-0.3, -0.25) is 35.4 Å². The number of esters is 1. The summed E-state index contributed by atoms with van der Waals surface area (Å²) < 4.78 is 82.1. The first-order valence-electron chi connectivity index (χ1n) is 31.1. The van der Waals surface area contributed by atoms with Gasteiger partial charge >= 0.3 is 47.9 Å². The number of hydrazone groups is 1. The van der Waals surface area contributed by atoms with Crippen LogP contribution in [0.3, 0.4) is 0 Å². The van der Waals surface area contributed by atoms with Crippen LogP contribution >= 0.6 is 23.2 Å². The molecule has 32 heteroatoms. The molecule has 0 aromatic carbocycles. The van der Waals surface area contributed by atoms with Crippen LogP contribution in [0.25, 0.3) is 22.7 Å². The zero-order valence-electron chi connectivity index (χ0n) is 56.2. The number of nitrogens with zero attached hydrogens (tertiary/aromatic N) is 11. The van der Waals surface area contributed by atoms with Crippen LogP contribution in [0.1, 0.15) is 126 Å². The number of ketones is 1. The Hall–Kier alpha value is -8.07. The summed E-state index contributed by atoms with van der Waals surface area (Å²) in [4.78, 5) is 47.9. The van der Waals surface area contributed by atoms with Gasteiger partial charge in [0.1, 0.15) is 27.6 Å². The Labute approximate surface area is 608 Å². The van der Waals surface area contributed by atoms with E-state index in [1.165, 1.54) is 109 Å². The van der Waals surface area contributed by atoms with Crippen molar-refractivity contribution in [2.24, 2.45) is 28.5 Å². The monoisotopic (exact) mass is 1440 g/mol. The Balaban J connectivity index is 0.000000322. The van der Waals surface area contributed by atoms with E-state index in [0.29, 0.717) is 51.9 Å². The molecule has 0 radical (unpaired) electrons. The number of nitrogens with two attached hydrogens (primary N) is 2. The molecule has 2 saturated carbocycles. The van der Waals surface area contributed by atoms with Crippen molar-refractivity contribution in [3.05, 3.63) is 198 Å². The van der Waals surface area contributed by atoms with Gasteiger partial charge in [-0.05, 0) is 150 Å². The summed E-state index contributed by atoms with van der Waals surface area (Å²) >= 11 is 11.3. The molecule has 2 fully saturated rings. The number of aromatic nitrogens is 9. The van der Waals surface area contributed by atoms with Gasteiger partial charge in [0.05, 0.1) is 53.7 Å². The molecule has 10 N–H and O–H groups in total. The summed E-state index contributed by atoms with van der Waals surface area (Å²) in [5.41, 5.74) is 10.7. The summed E-state index contributed by atoms with van der Waals surface area (Å²) in [5, 5.41) is 59.7. The van der Waals surface area contributed by atoms with E-state index >= 15 is 0 Å². The fraction of sp³-hybridized carbons (Fsp3) is 0.368. The SMILES string of the molecule is CC(=O)c1cccnc1.CC1(O)CC(c2cccnc2)=NN1c1ccc(Cl)nc1.CCOC(C)=O.C[O-].FC(F)(F)c1cc(-c2cccnc2)nn1-c1ccc(NCC2CCCCC2)nc1.NCC1CCCCC1.NNc1ccc(Cl)nc1.O/C(=C\C(O)(O)C(F)(F)F)c1cccnc1.[Na+]. The molecule has 0 bridgehead atoms. The van der Waals surface area contributed by atoms with Crippen molar-refractivity contribution in [2.75, 3.05) is 42.6 Å². The molecule has 1 atom stereocenters. The third kappa shape index (κ3) is 30.4. The molecule has 1 unspecified atom stereocenters. The van der Waals surface area contributed by atoms with E-state index < -0.39 is 35.3 Å². The number of rotatable bonds is 13. The van der Waals surface area contributed by atoms with Crippen molar-refractivity contribution in [3.8, 4) is 16.9 Å². The smallest absolute Gasteiger partial charge is 0.857 e. The van der Waals surface area contributed by atoms with Crippen molar-refractivity contribution in [2.45, 2.75) is 122 Å². The van der Waals surface area contributed by atoms with Crippen molar-refractivity contribution in [1.82, 2.24) is 44.7 Å². The first-order chi connectivity index (χ1) is 47.1. The van der Waals surface area contributed by atoms with Crippen LogP contribution < -0.4 is 62.0 Å². The normalized spacial score (nSPS) is 15.1. The van der Waals surface area contributed by atoms with Crippen LogP contribution in [-0.2, 0) is 15.7 Å². The molecule has 23 nitrogen and oxygen atoms in total. The summed E-state index contributed by atoms with van der Waals surface area (Å²) in [5.74, 6) is 2.08. The van der Waals surface area contributed by atoms with Crippen molar-refractivity contribution >= 4 is 63.6 Å². The van der Waals surface area contributed by atoms with Gasteiger partial charge in [0.15, 0.2) is 11.5 Å². The van der Waals surface area contributed by atoms with E-state index in [2.05, 4.69) is 60.6 Å². The number of hydrazine groups is 1. The summed E-state index contributed by atoms with van der Waals surface area (Å²) in [6.45, 7) is 8.65. The summed E-state index contributed by atoms with van der Waals surface area (Å²) in [6.07, 6.45) is 20.5. The maximum Gasteiger partial charge on any atom is 1.00 e. The second-order valence-corrected chi connectivity index (χ2v) is 22.9. The number of ether oxygens (including phenoxy) is 1. The van der Waals surface area contributed by atoms with Gasteiger partial charge in [0.25, 0.3) is 5.79 Å². The second-order valence-electron chi connectivity index (χ2n) is 22.2. The number of carbonyl (C=O) groups excluding carboxylic acids is 2. The van der Waals surface area contributed by atoms with Gasteiger partial charge in [-0.15, -0.1) is 0 Å². The first-order valence-corrected chi connectivity index (χ1v) is 31.9. The van der Waals surface area contributed by atoms with Gasteiger partial charge in [-0.1, -0.05) is 67.8 Å². The molecular weight excluding hydrogens is 1360 g/mol. The van der Waals surface area contributed by atoms with Crippen LogP contribution in [0, 0.1) is 11.8 Å². The number of halogens is 8. The van der Waals surface area contributed by atoms with E-state index in [-0.39, 0.29) is 64.3 Å². The molecule has 0 saturated heterocycles. The zero-order chi connectivity index (χ0) is 73.0. The van der Waals surface area contributed by atoms with Crippen LogP contribution in [0.2, 0.25) is 10.3 Å². The number of alkyl halides is 6. The third-order valence-electron chi connectivity index (χ3n) is 14.5. The van der Waals surface area contributed by atoms with Crippen molar-refractivity contribution in [1.29, 1.82) is 0 Å². The van der Waals surface area contributed by atoms with E-state index in [0.717, 1.165) is 60.0 Å². The third-order valence-corrected chi connectivity index (χ3v) is 14.9. The fourth-order valence-electron chi connectivity index (χ4n) is 9.40. The van der Waals surface area contributed by atoms with E-state index in [1.54, 1.807) is 123 Å². The number of aliphatic hydroxyl groups is 4. The van der Waals surface area contributed by atoms with Gasteiger partial charge < -0.3 is 46.7 Å². The molecule has 8 aromatic heterocycles. The molecule has 1 aliphatic heterocycles. The molecule has 2 aliphatic carbocycles. The zero-order valence-corrected chi connectivity index (χ0v) is 59.7. The number of Topliss-reactive ketones (excluding diaryl/α,β-unsaturated/α-hetero) is 1. The molecule has 9 heterocycles. The topological polar surface area (TPSA) is 347 Å². The van der Waals surface area contributed by atoms with Crippen LogP contribution in [-0.4, -0.2) is 127 Å². The maximum absolute atomic E-state index is 13.6. The summed E-state index contributed by atoms with van der Waals surface area (Å²) in [6, 6.07) is 24.4. The van der Waals surface area contributed by atoms with Gasteiger partial charge in [0, 0.05) is 97.8 Å². The quantitative estimate of drug-likeness (QED) is 0.00613. The standard InChI is InChI=1S/C21H22F3N5.C14H13ClN4O.C9H8F3NO3.C7H7NO.C7H15N.C5H6ClN3.C4H8O2.CH3O.Na/c22-21(23,24)19-11-18(16-7-4-10-25-13-16)28-29(19)17-8-9-20(27-14-17)26-12-15-5-2-1-3-6-15;1-14(20)7-12(10-3-2-6-16-8-10)18-19(14)11-4-5-13(15)17-9-11;10-9(11,12)8(15,16)4-7(14)6-2-1-3-13-5-6;1-6(9)7-3-2-4-8-5-7;8-6-7-4-2-1-3-5-7;6-5-2-1-4(9-7)3-8-5;1-3-6-4(2)5;1-2;/h4,7-11,13-15H,1-3,5-6,12H2,(H,26,27);2-6,8-9,20H,7H2,1H3;1-5,14-16H;2-5H,1H3;7H,1-6,8H2;1-3,9H,7H2;3H2,1-2H3;1H3;/q;;;;;;;-1;+1/b;;7-4-;;;;;;. The fourth-order valence-corrected chi connectivity index (χ4v) is 9.62. The Morgan fingerprint density at radius 1 is 0.710 bits per heavy atom. The molecular formula is C68H82Cl2F6N15NaO8. The minimum atomic E-state index is -5.29. The number of aliphatic hydroxyl groups excluding tert-OH is 1. The van der Waals surface area contributed by atoms with E-state index in [9.17, 15) is 46.1 Å². The molecule has 100 heavy (non-hydrogen) atoms. The Bertz CT molecular complexity index is 3660. The van der Waals surface area contributed by atoms with Gasteiger partial charge in [-0.2, -0.15) is 43.7 Å². The number of pyridine rings is 7. The molecule has 11 rings (SSSR count). The van der Waals surface area contributed by atoms with E-state index in [1.807, 2.05) is 12.1 Å². The van der Waals surface area contributed by atoms with Gasteiger partial charge in [-0.25, -0.2) is 24.6 Å². The number of hydrogen-bond acceptors (Lipinski definition) is 22. The number of carbonyl (C=O) groups is 2. The Morgan fingerprint density at radius 2 is 1.23 bits per heavy atom. The molecule has 534 valence electrons. The average Bonchev–Trinajstić information content (AvgIpc) is 1.63. The number of hydrogen-bond donors (Lipinski definition) is 8. The Morgan fingerprint density at radius 3 is 1.64 bits per heavy atom. The predicted molar refractivity (Wildman–Crippen MR) is 366 cm³/mol. The van der Waals surface area contributed by atoms with Gasteiger partial charge in [0.2, 0.25) is 0 Å². The minimum Gasteiger partial charge on any atom is -0.857 e. The van der Waals surface area contributed by atoms with Crippen molar-refractivity contribution < 1.29 is 95.8 Å². The predicted octanol–water partition coefficient (Wildman–Crippen LogP) is 9.40. The summed E-state index contributed by atoms with van der Waals surface area (Å²) in [7, 11) is 0.750. The van der Waals surface area contributed by atoms with Crippen molar-refractivity contribution in [3.63, 3.8) is 0 Å². The molecule has 0 amide bonds. The van der Waals surface area contributed by atoms with Crippen LogP contribution in [0.15, 0.2) is 170 Å². The second kappa shape index (κ2) is 44.2. The average molecular weight is 1450 g/mol.